The zero-order valence-corrected chi connectivity index (χ0v) is 16.5. The van der Waals surface area contributed by atoms with E-state index < -0.39 is 79.5 Å². The Morgan fingerprint density at radius 2 is 1.38 bits per heavy atom. The lowest BCUT2D eigenvalue weighted by atomic mass is 9.97. The summed E-state index contributed by atoms with van der Waals surface area (Å²) in [6.45, 7) is -1.42. The summed E-state index contributed by atoms with van der Waals surface area (Å²) in [6, 6.07) is 4.83. The average molecular weight is 463 g/mol. The maximum absolute atomic E-state index is 10.7. The fourth-order valence-electron chi connectivity index (χ4n) is 3.43. The van der Waals surface area contributed by atoms with Crippen molar-refractivity contribution in [2.45, 2.75) is 61.4 Å². The Morgan fingerprint density at radius 3 is 1.94 bits per heavy atom. The third-order valence-corrected chi connectivity index (χ3v) is 5.26. The van der Waals surface area contributed by atoms with E-state index in [0.717, 1.165) is 12.1 Å². The second-order valence-corrected chi connectivity index (χ2v) is 7.37. The Balaban J connectivity index is 1.70. The average Bonchev–Trinajstić information content (AvgIpc) is 2.79. The Morgan fingerprint density at radius 1 is 0.812 bits per heavy atom. The Kier molecular flexibility index (Phi) is 7.94. The largest absolute Gasteiger partial charge is 0.462 e. The summed E-state index contributed by atoms with van der Waals surface area (Å²) in [7, 11) is 0. The molecule has 0 saturated carbocycles. The zero-order chi connectivity index (χ0) is 23.6. The molecule has 0 bridgehead atoms. The van der Waals surface area contributed by atoms with E-state index in [2.05, 4.69) is 0 Å². The van der Waals surface area contributed by atoms with Crippen molar-refractivity contribution in [2.75, 3.05) is 13.2 Å². The molecule has 32 heavy (non-hydrogen) atoms. The van der Waals surface area contributed by atoms with E-state index >= 15 is 0 Å². The summed E-state index contributed by atoms with van der Waals surface area (Å²) in [4.78, 5) is 10.1. The van der Waals surface area contributed by atoms with Gasteiger partial charge in [-0.1, -0.05) is 0 Å². The topological polar surface area (TPSA) is 222 Å². The van der Waals surface area contributed by atoms with E-state index in [9.17, 15) is 45.9 Å². The Hall–Kier alpha value is -1.98. The van der Waals surface area contributed by atoms with Gasteiger partial charge in [-0.15, -0.1) is 0 Å². The van der Waals surface area contributed by atoms with Crippen LogP contribution in [0.2, 0.25) is 0 Å². The number of nitro benzene ring substituents is 1. The first-order valence-corrected chi connectivity index (χ1v) is 9.67. The van der Waals surface area contributed by atoms with E-state index in [-0.39, 0.29) is 11.4 Å². The summed E-state index contributed by atoms with van der Waals surface area (Å²) in [5.41, 5.74) is -0.191. The molecule has 0 aliphatic carbocycles. The van der Waals surface area contributed by atoms with Crippen LogP contribution in [0.25, 0.3) is 0 Å². The van der Waals surface area contributed by atoms with Crippen LogP contribution >= 0.6 is 0 Å². The van der Waals surface area contributed by atoms with Crippen LogP contribution in [0, 0.1) is 10.1 Å². The first kappa shape index (κ1) is 24.7. The number of nitrogens with zero attached hydrogens (tertiary/aromatic N) is 1. The van der Waals surface area contributed by atoms with Crippen LogP contribution in [-0.4, -0.2) is 115 Å². The fraction of sp³-hybridized carbons (Fsp3) is 0.667. The number of ether oxygens (including phenoxy) is 4. The summed E-state index contributed by atoms with van der Waals surface area (Å²) < 4.78 is 21.5. The Bertz CT molecular complexity index is 760. The van der Waals surface area contributed by atoms with Gasteiger partial charge in [-0.3, -0.25) is 10.1 Å². The standard InChI is InChI=1S/C18H25NO13/c20-5-9-11(22)12(23)14(25)18(30-9)32-16-10(6-21)31-17(15(26)13(16)24)29-8-3-1-7(2-4-8)19(27)28/h1-4,9-18,20-26H,5-6H2/t9-,10-,11+,12+,13-,14-,15-,16-,17+,18+/m1/s1. The van der Waals surface area contributed by atoms with Gasteiger partial charge in [0.15, 0.2) is 6.29 Å². The number of hydrogen-bond acceptors (Lipinski definition) is 13. The lowest BCUT2D eigenvalue weighted by molar-refractivity contribution is -0.384. The van der Waals surface area contributed by atoms with E-state index in [4.69, 9.17) is 18.9 Å². The number of benzene rings is 1. The molecular formula is C18H25NO13. The van der Waals surface area contributed by atoms with Crippen molar-refractivity contribution in [3.05, 3.63) is 34.4 Å². The van der Waals surface area contributed by atoms with Gasteiger partial charge in [0, 0.05) is 12.1 Å². The van der Waals surface area contributed by atoms with Crippen molar-refractivity contribution in [3.63, 3.8) is 0 Å². The number of nitro groups is 1. The maximum atomic E-state index is 10.7. The van der Waals surface area contributed by atoms with Crippen LogP contribution in [0.5, 0.6) is 5.75 Å². The molecule has 0 spiro atoms. The second-order valence-electron chi connectivity index (χ2n) is 7.37. The Labute approximate surface area is 180 Å². The highest BCUT2D eigenvalue weighted by molar-refractivity contribution is 5.36. The molecule has 0 radical (unpaired) electrons. The van der Waals surface area contributed by atoms with Crippen LogP contribution in [0.3, 0.4) is 0 Å². The molecule has 2 saturated heterocycles. The highest BCUT2D eigenvalue weighted by atomic mass is 16.7. The second kappa shape index (κ2) is 10.3. The predicted molar refractivity (Wildman–Crippen MR) is 100 cm³/mol. The molecule has 10 atom stereocenters. The molecular weight excluding hydrogens is 438 g/mol. The summed E-state index contributed by atoms with van der Waals surface area (Å²) in [5, 5.41) is 80.4. The zero-order valence-electron chi connectivity index (χ0n) is 16.5. The van der Waals surface area contributed by atoms with E-state index in [1.54, 1.807) is 0 Å². The first-order valence-electron chi connectivity index (χ1n) is 9.67. The molecule has 14 nitrogen and oxygen atoms in total. The van der Waals surface area contributed by atoms with Crippen molar-refractivity contribution in [1.29, 1.82) is 0 Å². The quantitative estimate of drug-likeness (QED) is 0.155. The fourth-order valence-corrected chi connectivity index (χ4v) is 3.43. The highest BCUT2D eigenvalue weighted by Crippen LogP contribution is 2.30. The van der Waals surface area contributed by atoms with Crippen LogP contribution in [-0.2, 0) is 14.2 Å². The smallest absolute Gasteiger partial charge is 0.269 e. The summed E-state index contributed by atoms with van der Waals surface area (Å²) in [5.74, 6) is 0.0804. The van der Waals surface area contributed by atoms with Gasteiger partial charge < -0.3 is 54.7 Å². The van der Waals surface area contributed by atoms with Crippen molar-refractivity contribution >= 4 is 5.69 Å². The molecule has 180 valence electrons. The molecule has 0 aromatic heterocycles. The molecule has 1 aromatic rings. The van der Waals surface area contributed by atoms with Gasteiger partial charge >= 0.3 is 0 Å². The summed E-state index contributed by atoms with van der Waals surface area (Å²) in [6.07, 6.45) is -15.7. The normalized spacial score (nSPS) is 40.1. The number of rotatable bonds is 7. The monoisotopic (exact) mass is 463 g/mol. The minimum Gasteiger partial charge on any atom is -0.462 e. The van der Waals surface area contributed by atoms with Gasteiger partial charge in [0.05, 0.1) is 18.1 Å². The molecule has 0 unspecified atom stereocenters. The van der Waals surface area contributed by atoms with Crippen molar-refractivity contribution in [3.8, 4) is 5.75 Å². The third kappa shape index (κ3) is 4.99. The molecule has 2 aliphatic heterocycles. The van der Waals surface area contributed by atoms with Gasteiger partial charge in [0.25, 0.3) is 5.69 Å². The van der Waals surface area contributed by atoms with Crippen LogP contribution < -0.4 is 4.74 Å². The molecule has 0 amide bonds. The number of aliphatic hydroxyl groups is 7. The van der Waals surface area contributed by atoms with Crippen molar-refractivity contribution in [1.82, 2.24) is 0 Å². The SMILES string of the molecule is O=[N+]([O-])c1ccc(O[C@H]2O[C@H](CO)[C@@H](O[C@@H]3O[C@H](CO)[C@H](O)[C@H](O)[C@H]3O)[C@H](O)[C@H]2O)cc1. The number of aliphatic hydroxyl groups excluding tert-OH is 7. The van der Waals surface area contributed by atoms with Gasteiger partial charge in [-0.25, -0.2) is 0 Å². The lowest BCUT2D eigenvalue weighted by Gasteiger charge is -2.45. The molecule has 7 N–H and O–H groups in total. The summed E-state index contributed by atoms with van der Waals surface area (Å²) >= 11 is 0. The number of non-ortho nitro benzene ring substituents is 1. The van der Waals surface area contributed by atoms with Crippen LogP contribution in [0.4, 0.5) is 5.69 Å². The number of hydrogen-bond donors (Lipinski definition) is 7. The van der Waals surface area contributed by atoms with Gasteiger partial charge in [0.2, 0.25) is 6.29 Å². The highest BCUT2D eigenvalue weighted by Gasteiger charge is 2.51. The minimum atomic E-state index is -1.77. The third-order valence-electron chi connectivity index (χ3n) is 5.26. The van der Waals surface area contributed by atoms with E-state index in [1.165, 1.54) is 12.1 Å². The predicted octanol–water partition coefficient (Wildman–Crippen LogP) is -3.40. The van der Waals surface area contributed by atoms with Crippen molar-refractivity contribution in [2.24, 2.45) is 0 Å². The van der Waals surface area contributed by atoms with Crippen molar-refractivity contribution < 1.29 is 59.6 Å². The molecule has 2 aliphatic rings. The van der Waals surface area contributed by atoms with Gasteiger partial charge in [0.1, 0.15) is 54.6 Å². The molecule has 2 fully saturated rings. The molecule has 2 heterocycles. The van der Waals surface area contributed by atoms with Crippen LogP contribution in [0.15, 0.2) is 24.3 Å². The molecule has 1 aromatic carbocycles. The van der Waals surface area contributed by atoms with E-state index in [1.807, 2.05) is 0 Å². The maximum Gasteiger partial charge on any atom is 0.269 e. The molecule has 14 heteroatoms. The van der Waals surface area contributed by atoms with Gasteiger partial charge in [-0.05, 0) is 12.1 Å². The van der Waals surface area contributed by atoms with Crippen LogP contribution in [0.1, 0.15) is 0 Å². The van der Waals surface area contributed by atoms with Gasteiger partial charge in [-0.2, -0.15) is 0 Å². The lowest BCUT2D eigenvalue weighted by Crippen LogP contribution is -2.65. The minimum absolute atomic E-state index is 0.0804. The molecule has 3 rings (SSSR count). The van der Waals surface area contributed by atoms with E-state index in [0.29, 0.717) is 0 Å². The first-order chi connectivity index (χ1) is 15.2.